The van der Waals surface area contributed by atoms with Crippen LogP contribution >= 0.6 is 0 Å². The van der Waals surface area contributed by atoms with Crippen molar-refractivity contribution in [3.63, 3.8) is 0 Å². The minimum atomic E-state index is -4.50. The van der Waals surface area contributed by atoms with Crippen molar-refractivity contribution in [1.82, 2.24) is 9.97 Å². The van der Waals surface area contributed by atoms with Gasteiger partial charge in [-0.3, -0.25) is 0 Å². The molecule has 0 radical (unpaired) electrons. The van der Waals surface area contributed by atoms with E-state index in [1.807, 2.05) is 31.2 Å². The van der Waals surface area contributed by atoms with E-state index in [0.29, 0.717) is 5.71 Å². The van der Waals surface area contributed by atoms with E-state index >= 15 is 0 Å². The second-order valence-corrected chi connectivity index (χ2v) is 4.44. The Morgan fingerprint density at radius 2 is 1.81 bits per heavy atom. The first-order valence-corrected chi connectivity index (χ1v) is 6.14. The number of hydrogen-bond donors (Lipinski definition) is 1. The van der Waals surface area contributed by atoms with Gasteiger partial charge in [-0.25, -0.2) is 15.4 Å². The standard InChI is InChI=1S/C14H13F3N4/c1-9-3-5-11(6-4-9)10(2)20-21-13-18-8-7-12(19-13)14(15,16)17/h3-8H,1-2H3,(H,18,19,21)/b20-10+. The number of hydrogen-bond acceptors (Lipinski definition) is 4. The maximum atomic E-state index is 12.5. The van der Waals surface area contributed by atoms with E-state index < -0.39 is 11.9 Å². The molecule has 1 heterocycles. The largest absolute Gasteiger partial charge is 0.433 e. The van der Waals surface area contributed by atoms with Crippen LogP contribution in [-0.4, -0.2) is 15.7 Å². The Bertz CT molecular complexity index is 648. The summed E-state index contributed by atoms with van der Waals surface area (Å²) in [6.45, 7) is 3.70. The third-order valence-corrected chi connectivity index (χ3v) is 2.74. The van der Waals surface area contributed by atoms with Crippen molar-refractivity contribution in [2.24, 2.45) is 5.10 Å². The molecule has 7 heteroatoms. The summed E-state index contributed by atoms with van der Waals surface area (Å²) < 4.78 is 37.5. The first-order chi connectivity index (χ1) is 9.86. The van der Waals surface area contributed by atoms with Crippen molar-refractivity contribution >= 4 is 11.7 Å². The predicted molar refractivity (Wildman–Crippen MR) is 74.0 cm³/mol. The summed E-state index contributed by atoms with van der Waals surface area (Å²) in [7, 11) is 0. The number of nitrogens with zero attached hydrogens (tertiary/aromatic N) is 3. The first-order valence-electron chi connectivity index (χ1n) is 6.14. The number of nitrogens with one attached hydrogen (secondary N) is 1. The van der Waals surface area contributed by atoms with Crippen molar-refractivity contribution < 1.29 is 13.2 Å². The predicted octanol–water partition coefficient (Wildman–Crippen LogP) is 3.64. The van der Waals surface area contributed by atoms with Crippen LogP contribution in [0.25, 0.3) is 0 Å². The lowest BCUT2D eigenvalue weighted by Crippen LogP contribution is -2.10. The molecule has 0 aliphatic carbocycles. The molecule has 110 valence electrons. The topological polar surface area (TPSA) is 50.2 Å². The summed E-state index contributed by atoms with van der Waals surface area (Å²) in [5, 5.41) is 3.99. The number of rotatable bonds is 3. The van der Waals surface area contributed by atoms with Crippen LogP contribution in [-0.2, 0) is 6.18 Å². The monoisotopic (exact) mass is 294 g/mol. The Hall–Kier alpha value is -2.44. The van der Waals surface area contributed by atoms with Crippen LogP contribution in [0.1, 0.15) is 23.7 Å². The minimum Gasteiger partial charge on any atom is -0.245 e. The van der Waals surface area contributed by atoms with Gasteiger partial charge >= 0.3 is 6.18 Å². The summed E-state index contributed by atoms with van der Waals surface area (Å²) >= 11 is 0. The number of benzene rings is 1. The van der Waals surface area contributed by atoms with E-state index in [9.17, 15) is 13.2 Å². The number of hydrazone groups is 1. The van der Waals surface area contributed by atoms with Crippen LogP contribution in [0.4, 0.5) is 19.1 Å². The average molecular weight is 294 g/mol. The molecule has 0 spiro atoms. The second-order valence-electron chi connectivity index (χ2n) is 4.44. The van der Waals surface area contributed by atoms with E-state index in [1.165, 1.54) is 0 Å². The molecule has 1 aromatic carbocycles. The van der Waals surface area contributed by atoms with Gasteiger partial charge in [0.15, 0.2) is 0 Å². The van der Waals surface area contributed by atoms with Crippen LogP contribution in [0.15, 0.2) is 41.6 Å². The molecular formula is C14H13F3N4. The van der Waals surface area contributed by atoms with E-state index in [2.05, 4.69) is 20.5 Å². The Labute approximate surface area is 119 Å². The molecule has 0 atom stereocenters. The third kappa shape index (κ3) is 4.01. The van der Waals surface area contributed by atoms with E-state index in [-0.39, 0.29) is 5.95 Å². The molecule has 0 aliphatic rings. The molecule has 0 bridgehead atoms. The maximum absolute atomic E-state index is 12.5. The van der Waals surface area contributed by atoms with Gasteiger partial charge in [0, 0.05) is 6.20 Å². The SMILES string of the molecule is C/C(=N\Nc1nccc(C(F)(F)F)n1)c1ccc(C)cc1. The lowest BCUT2D eigenvalue weighted by molar-refractivity contribution is -0.141. The number of alkyl halides is 3. The summed E-state index contributed by atoms with van der Waals surface area (Å²) in [4.78, 5) is 7.07. The van der Waals surface area contributed by atoms with E-state index in [0.717, 1.165) is 23.4 Å². The molecule has 0 amide bonds. The van der Waals surface area contributed by atoms with Gasteiger partial charge in [-0.05, 0) is 25.5 Å². The summed E-state index contributed by atoms with van der Waals surface area (Å²) in [6, 6.07) is 8.41. The van der Waals surface area contributed by atoms with Gasteiger partial charge in [0.05, 0.1) is 5.71 Å². The fraction of sp³-hybridized carbons (Fsp3) is 0.214. The summed E-state index contributed by atoms with van der Waals surface area (Å²) in [5.41, 5.74) is 4.02. The van der Waals surface area contributed by atoms with Crippen LogP contribution in [0.3, 0.4) is 0 Å². The van der Waals surface area contributed by atoms with Crippen LogP contribution in [0.2, 0.25) is 0 Å². The quantitative estimate of drug-likeness (QED) is 0.694. The van der Waals surface area contributed by atoms with Crippen molar-refractivity contribution in [3.05, 3.63) is 53.3 Å². The Balaban J connectivity index is 2.15. The molecule has 0 fully saturated rings. The number of anilines is 1. The Morgan fingerprint density at radius 1 is 1.14 bits per heavy atom. The van der Waals surface area contributed by atoms with Gasteiger partial charge in [-0.15, -0.1) is 0 Å². The normalized spacial score (nSPS) is 12.3. The van der Waals surface area contributed by atoms with Crippen LogP contribution < -0.4 is 5.43 Å². The smallest absolute Gasteiger partial charge is 0.245 e. The highest BCUT2D eigenvalue weighted by atomic mass is 19.4. The lowest BCUT2D eigenvalue weighted by atomic mass is 10.1. The summed E-state index contributed by atoms with van der Waals surface area (Å²) in [6.07, 6.45) is -3.47. The van der Waals surface area contributed by atoms with Crippen molar-refractivity contribution in [2.45, 2.75) is 20.0 Å². The molecular weight excluding hydrogens is 281 g/mol. The second kappa shape index (κ2) is 5.90. The van der Waals surface area contributed by atoms with E-state index in [4.69, 9.17) is 0 Å². The number of aromatic nitrogens is 2. The maximum Gasteiger partial charge on any atom is 0.433 e. The van der Waals surface area contributed by atoms with Crippen LogP contribution in [0, 0.1) is 6.92 Å². The Morgan fingerprint density at radius 3 is 2.43 bits per heavy atom. The molecule has 0 aliphatic heterocycles. The van der Waals surface area contributed by atoms with Gasteiger partial charge in [-0.1, -0.05) is 29.8 Å². The lowest BCUT2D eigenvalue weighted by Gasteiger charge is -2.07. The molecule has 2 rings (SSSR count). The van der Waals surface area contributed by atoms with Gasteiger partial charge in [0.2, 0.25) is 5.95 Å². The van der Waals surface area contributed by atoms with Crippen LogP contribution in [0.5, 0.6) is 0 Å². The highest BCUT2D eigenvalue weighted by molar-refractivity contribution is 5.99. The van der Waals surface area contributed by atoms with Crippen molar-refractivity contribution in [2.75, 3.05) is 5.43 Å². The molecule has 0 saturated heterocycles. The van der Waals surface area contributed by atoms with Crippen molar-refractivity contribution in [1.29, 1.82) is 0 Å². The van der Waals surface area contributed by atoms with Gasteiger partial charge in [0.1, 0.15) is 5.69 Å². The summed E-state index contributed by atoms with van der Waals surface area (Å²) in [5.74, 6) is -0.198. The van der Waals surface area contributed by atoms with Gasteiger partial charge in [-0.2, -0.15) is 18.3 Å². The molecule has 1 N–H and O–H groups in total. The van der Waals surface area contributed by atoms with E-state index in [1.54, 1.807) is 6.92 Å². The van der Waals surface area contributed by atoms with Crippen molar-refractivity contribution in [3.8, 4) is 0 Å². The zero-order valence-electron chi connectivity index (χ0n) is 11.4. The fourth-order valence-corrected chi connectivity index (χ4v) is 1.56. The molecule has 2 aromatic rings. The zero-order valence-corrected chi connectivity index (χ0v) is 11.4. The number of aryl methyl sites for hydroxylation is 1. The highest BCUT2D eigenvalue weighted by Gasteiger charge is 2.32. The molecule has 0 saturated carbocycles. The Kier molecular flexibility index (Phi) is 4.21. The molecule has 4 nitrogen and oxygen atoms in total. The number of halogens is 3. The zero-order chi connectivity index (χ0) is 15.5. The fourth-order valence-electron chi connectivity index (χ4n) is 1.56. The van der Waals surface area contributed by atoms with Gasteiger partial charge in [0.25, 0.3) is 0 Å². The van der Waals surface area contributed by atoms with Gasteiger partial charge < -0.3 is 0 Å². The molecule has 0 unspecified atom stereocenters. The molecule has 1 aromatic heterocycles. The molecule has 21 heavy (non-hydrogen) atoms. The minimum absolute atomic E-state index is 0.198. The first kappa shape index (κ1) is 15.0. The average Bonchev–Trinajstić information content (AvgIpc) is 2.45. The highest BCUT2D eigenvalue weighted by Crippen LogP contribution is 2.27. The third-order valence-electron chi connectivity index (χ3n) is 2.74.